The third-order valence-corrected chi connectivity index (χ3v) is 4.68. The third kappa shape index (κ3) is 6.30. The highest BCUT2D eigenvalue weighted by atomic mass is 28.3. The Morgan fingerprint density at radius 3 is 1.60 bits per heavy atom. The molecule has 1 fully saturated rings. The molecule has 2 heteroatoms. The fraction of sp³-hybridized carbons (Fsp3) is 1.00. The number of hydrogen-bond donors (Lipinski definition) is 1. The van der Waals surface area contributed by atoms with Gasteiger partial charge in [0.2, 0.25) is 0 Å². The first kappa shape index (κ1) is 10.2. The van der Waals surface area contributed by atoms with Crippen molar-refractivity contribution < 1.29 is 0 Å². The van der Waals surface area contributed by atoms with Crippen LogP contribution in [-0.2, 0) is 0 Å². The van der Waals surface area contributed by atoms with Crippen LogP contribution in [-0.4, -0.2) is 22.9 Å². The van der Waals surface area contributed by atoms with Gasteiger partial charge in [0.15, 0.2) is 0 Å². The Labute approximate surface area is 66.8 Å². The number of hydrogen-bond acceptors (Lipinski definition) is 1. The molecule has 0 radical (unpaired) electrons. The Kier molecular flexibility index (Phi) is 7.41. The van der Waals surface area contributed by atoms with Crippen molar-refractivity contribution in [1.82, 2.24) is 5.32 Å². The van der Waals surface area contributed by atoms with E-state index in [9.17, 15) is 0 Å². The van der Waals surface area contributed by atoms with E-state index in [1.807, 2.05) is 14.1 Å². The Hall–Kier alpha value is 0.177. The summed E-state index contributed by atoms with van der Waals surface area (Å²) in [6.07, 6.45) is 4.62. The van der Waals surface area contributed by atoms with E-state index in [0.29, 0.717) is 0 Å². The lowest BCUT2D eigenvalue weighted by atomic mass is 10.3. The molecule has 1 aliphatic rings. The van der Waals surface area contributed by atoms with Gasteiger partial charge in [-0.2, -0.15) is 0 Å². The van der Waals surface area contributed by atoms with Gasteiger partial charge < -0.3 is 5.32 Å². The molecule has 0 saturated carbocycles. The van der Waals surface area contributed by atoms with Gasteiger partial charge in [-0.05, 0) is 14.1 Å². The zero-order valence-corrected chi connectivity index (χ0v) is 8.77. The van der Waals surface area contributed by atoms with E-state index < -0.39 is 0 Å². The minimum absolute atomic E-state index is 0.0945. The monoisotopic (exact) mass is 159 g/mol. The molecule has 1 rings (SSSR count). The minimum atomic E-state index is -0.0945. The molecule has 0 bridgehead atoms. The first-order chi connectivity index (χ1) is 4.81. The average Bonchev–Trinajstić information content (AvgIpc) is 1.91. The molecule has 0 unspecified atom stereocenters. The number of nitrogens with one attached hydrogen (secondary N) is 1. The van der Waals surface area contributed by atoms with Crippen LogP contribution < -0.4 is 5.32 Å². The highest BCUT2D eigenvalue weighted by Gasteiger charge is 2.07. The Morgan fingerprint density at radius 2 is 1.40 bits per heavy atom. The average molecular weight is 159 g/mol. The standard InChI is InChI=1S/C6H14Si.C2H7N/c1-7-5-3-2-4-6-7;1-3-2/h7H,2-6H2,1H3;3H,1-2H3. The lowest BCUT2D eigenvalue weighted by Gasteiger charge is -2.14. The van der Waals surface area contributed by atoms with Gasteiger partial charge in [0.1, 0.15) is 0 Å². The van der Waals surface area contributed by atoms with E-state index in [4.69, 9.17) is 0 Å². The second-order valence-electron chi connectivity index (χ2n) is 3.24. The van der Waals surface area contributed by atoms with E-state index in [1.165, 1.54) is 6.42 Å². The van der Waals surface area contributed by atoms with E-state index in [-0.39, 0.29) is 8.80 Å². The van der Waals surface area contributed by atoms with Crippen LogP contribution in [0.2, 0.25) is 18.6 Å². The highest BCUT2D eigenvalue weighted by molar-refractivity contribution is 6.57. The van der Waals surface area contributed by atoms with Crippen LogP contribution in [0.4, 0.5) is 0 Å². The summed E-state index contributed by atoms with van der Waals surface area (Å²) in [5.41, 5.74) is 0. The maximum Gasteiger partial charge on any atom is 0.0336 e. The maximum absolute atomic E-state index is 2.75. The largest absolute Gasteiger partial charge is 0.323 e. The zero-order valence-electron chi connectivity index (χ0n) is 7.61. The molecule has 1 aliphatic heterocycles. The molecule has 0 spiro atoms. The summed E-state index contributed by atoms with van der Waals surface area (Å²) in [5.74, 6) is 0. The van der Waals surface area contributed by atoms with Crippen molar-refractivity contribution in [2.24, 2.45) is 0 Å². The normalized spacial score (nSPS) is 19.5. The van der Waals surface area contributed by atoms with Crippen LogP contribution >= 0.6 is 0 Å². The summed E-state index contributed by atoms with van der Waals surface area (Å²) in [6, 6.07) is 3.25. The van der Waals surface area contributed by atoms with Crippen molar-refractivity contribution in [1.29, 1.82) is 0 Å². The SMILES string of the molecule is CNC.C[SiH]1CCCCC1. The molecular weight excluding hydrogens is 138 g/mol. The molecule has 0 amide bonds. The van der Waals surface area contributed by atoms with E-state index in [1.54, 1.807) is 24.9 Å². The van der Waals surface area contributed by atoms with Crippen LogP contribution in [0.3, 0.4) is 0 Å². The van der Waals surface area contributed by atoms with Gasteiger partial charge in [-0.1, -0.05) is 37.9 Å². The summed E-state index contributed by atoms with van der Waals surface area (Å²) in [5, 5.41) is 2.75. The molecule has 1 saturated heterocycles. The molecule has 0 atom stereocenters. The van der Waals surface area contributed by atoms with E-state index in [2.05, 4.69) is 11.9 Å². The molecule has 1 nitrogen and oxygen atoms in total. The van der Waals surface area contributed by atoms with Gasteiger partial charge in [-0.15, -0.1) is 0 Å². The van der Waals surface area contributed by atoms with Crippen LogP contribution in [0.15, 0.2) is 0 Å². The van der Waals surface area contributed by atoms with Crippen molar-refractivity contribution >= 4 is 8.80 Å². The van der Waals surface area contributed by atoms with Crippen molar-refractivity contribution in [3.05, 3.63) is 0 Å². The van der Waals surface area contributed by atoms with Gasteiger partial charge in [0.05, 0.1) is 0 Å². The first-order valence-electron chi connectivity index (χ1n) is 4.39. The van der Waals surface area contributed by atoms with Crippen LogP contribution in [0.25, 0.3) is 0 Å². The molecule has 1 N–H and O–H groups in total. The molecular formula is C8H21NSi. The van der Waals surface area contributed by atoms with E-state index >= 15 is 0 Å². The lowest BCUT2D eigenvalue weighted by Crippen LogP contribution is -2.09. The van der Waals surface area contributed by atoms with Gasteiger partial charge in [0.25, 0.3) is 0 Å². The Balaban J connectivity index is 0.000000236. The van der Waals surface area contributed by atoms with Crippen LogP contribution in [0.1, 0.15) is 19.3 Å². The third-order valence-electron chi connectivity index (χ3n) is 1.89. The second-order valence-corrected chi connectivity index (χ2v) is 6.61. The summed E-state index contributed by atoms with van der Waals surface area (Å²) in [4.78, 5) is 0. The quantitative estimate of drug-likeness (QED) is 0.532. The minimum Gasteiger partial charge on any atom is -0.323 e. The zero-order chi connectivity index (χ0) is 7.82. The number of rotatable bonds is 0. The predicted molar refractivity (Wildman–Crippen MR) is 51.5 cm³/mol. The fourth-order valence-electron chi connectivity index (χ4n) is 1.31. The summed E-state index contributed by atoms with van der Waals surface area (Å²) in [7, 11) is 3.66. The molecule has 62 valence electrons. The van der Waals surface area contributed by atoms with Crippen molar-refractivity contribution in [3.63, 3.8) is 0 Å². The summed E-state index contributed by atoms with van der Waals surface area (Å²) >= 11 is 0. The Morgan fingerprint density at radius 1 is 1.00 bits per heavy atom. The topological polar surface area (TPSA) is 12.0 Å². The lowest BCUT2D eigenvalue weighted by molar-refractivity contribution is 0.725. The fourth-order valence-corrected chi connectivity index (χ4v) is 3.57. The molecule has 1 heterocycles. The molecule has 0 aromatic heterocycles. The van der Waals surface area contributed by atoms with Gasteiger partial charge in [-0.3, -0.25) is 0 Å². The maximum atomic E-state index is 2.75. The van der Waals surface area contributed by atoms with Crippen LogP contribution in [0, 0.1) is 0 Å². The second kappa shape index (κ2) is 7.29. The summed E-state index contributed by atoms with van der Waals surface area (Å²) < 4.78 is 0. The highest BCUT2D eigenvalue weighted by Crippen LogP contribution is 2.17. The first-order valence-corrected chi connectivity index (χ1v) is 7.18. The smallest absolute Gasteiger partial charge is 0.0336 e. The predicted octanol–water partition coefficient (Wildman–Crippen LogP) is 1.86. The van der Waals surface area contributed by atoms with Crippen molar-refractivity contribution in [3.8, 4) is 0 Å². The Bertz CT molecular complexity index is 60.3. The molecule has 0 aliphatic carbocycles. The molecule has 0 aromatic carbocycles. The van der Waals surface area contributed by atoms with Crippen molar-refractivity contribution in [2.75, 3.05) is 14.1 Å². The van der Waals surface area contributed by atoms with Gasteiger partial charge in [0, 0.05) is 8.80 Å². The van der Waals surface area contributed by atoms with E-state index in [0.717, 1.165) is 0 Å². The van der Waals surface area contributed by atoms with Gasteiger partial charge in [-0.25, -0.2) is 0 Å². The van der Waals surface area contributed by atoms with Crippen LogP contribution in [0.5, 0.6) is 0 Å². The van der Waals surface area contributed by atoms with Crippen molar-refractivity contribution in [2.45, 2.75) is 37.9 Å². The molecule has 0 aromatic rings. The molecule has 10 heavy (non-hydrogen) atoms. The summed E-state index contributed by atoms with van der Waals surface area (Å²) in [6.45, 7) is 2.50. The van der Waals surface area contributed by atoms with Gasteiger partial charge >= 0.3 is 0 Å².